The van der Waals surface area contributed by atoms with E-state index in [4.69, 9.17) is 5.21 Å². The fourth-order valence-corrected chi connectivity index (χ4v) is 4.41. The molecular formula is C17H23NO2. The summed E-state index contributed by atoms with van der Waals surface area (Å²) in [5.74, 6) is 0.633. The molecule has 1 aromatic rings. The van der Waals surface area contributed by atoms with Crippen LogP contribution in [-0.2, 0) is 0 Å². The molecule has 0 saturated heterocycles. The molecule has 108 valence electrons. The SMILES string of the molecule is C[C@]12CC[C@H](c3ccccc3)C[C@@]1(O)CC[C@@H]2C=NO. The molecule has 2 N–H and O–H groups in total. The highest BCUT2D eigenvalue weighted by atomic mass is 16.4. The maximum Gasteiger partial charge on any atom is 0.0713 e. The second kappa shape index (κ2) is 4.88. The zero-order chi connectivity index (χ0) is 14.2. The lowest BCUT2D eigenvalue weighted by molar-refractivity contribution is -0.0958. The van der Waals surface area contributed by atoms with Crippen LogP contribution in [0.5, 0.6) is 0 Å². The van der Waals surface area contributed by atoms with E-state index in [9.17, 15) is 5.11 Å². The first kappa shape index (κ1) is 13.6. The molecule has 0 spiro atoms. The predicted octanol–water partition coefficient (Wildman–Crippen LogP) is 3.56. The first-order chi connectivity index (χ1) is 9.59. The van der Waals surface area contributed by atoms with Gasteiger partial charge < -0.3 is 10.3 Å². The molecule has 2 saturated carbocycles. The van der Waals surface area contributed by atoms with Crippen LogP contribution in [0.25, 0.3) is 0 Å². The molecule has 0 unspecified atom stereocenters. The van der Waals surface area contributed by atoms with E-state index in [1.165, 1.54) is 5.56 Å². The van der Waals surface area contributed by atoms with Crippen LogP contribution in [-0.4, -0.2) is 22.1 Å². The van der Waals surface area contributed by atoms with Gasteiger partial charge >= 0.3 is 0 Å². The summed E-state index contributed by atoms with van der Waals surface area (Å²) in [7, 11) is 0. The second-order valence-corrected chi connectivity index (χ2v) is 6.71. The molecule has 20 heavy (non-hydrogen) atoms. The molecule has 1 aromatic carbocycles. The zero-order valence-corrected chi connectivity index (χ0v) is 12.0. The van der Waals surface area contributed by atoms with E-state index >= 15 is 0 Å². The van der Waals surface area contributed by atoms with Gasteiger partial charge in [0.25, 0.3) is 0 Å². The first-order valence-electron chi connectivity index (χ1n) is 7.54. The molecule has 2 fully saturated rings. The summed E-state index contributed by atoms with van der Waals surface area (Å²) in [4.78, 5) is 0. The predicted molar refractivity (Wildman–Crippen MR) is 79.1 cm³/mol. The minimum absolute atomic E-state index is 0.148. The lowest BCUT2D eigenvalue weighted by atomic mass is 9.59. The van der Waals surface area contributed by atoms with Gasteiger partial charge in [0.2, 0.25) is 0 Å². The van der Waals surface area contributed by atoms with E-state index in [1.54, 1.807) is 6.21 Å². The Labute approximate surface area is 120 Å². The average Bonchev–Trinajstić information content (AvgIpc) is 2.72. The summed E-state index contributed by atoms with van der Waals surface area (Å²) in [6.45, 7) is 2.16. The molecule has 4 atom stereocenters. The number of hydrogen-bond acceptors (Lipinski definition) is 3. The van der Waals surface area contributed by atoms with Gasteiger partial charge in [-0.1, -0.05) is 37.3 Å². The van der Waals surface area contributed by atoms with Crippen LogP contribution in [0.4, 0.5) is 0 Å². The van der Waals surface area contributed by atoms with Crippen molar-refractivity contribution in [3.05, 3.63) is 35.9 Å². The normalized spacial score (nSPS) is 40.9. The van der Waals surface area contributed by atoms with Crippen molar-refractivity contribution in [3.8, 4) is 0 Å². The van der Waals surface area contributed by atoms with Crippen molar-refractivity contribution in [2.75, 3.05) is 0 Å². The molecule has 3 rings (SSSR count). The fraction of sp³-hybridized carbons (Fsp3) is 0.588. The van der Waals surface area contributed by atoms with E-state index < -0.39 is 5.60 Å². The Kier molecular flexibility index (Phi) is 3.33. The van der Waals surface area contributed by atoms with Crippen molar-refractivity contribution in [2.45, 2.75) is 50.5 Å². The van der Waals surface area contributed by atoms with Gasteiger partial charge in [-0.2, -0.15) is 0 Å². The topological polar surface area (TPSA) is 52.8 Å². The first-order valence-corrected chi connectivity index (χ1v) is 7.54. The number of hydrogen-bond donors (Lipinski definition) is 2. The minimum atomic E-state index is -0.627. The summed E-state index contributed by atoms with van der Waals surface area (Å²) >= 11 is 0. The molecule has 0 radical (unpaired) electrons. The molecule has 0 aliphatic heterocycles. The summed E-state index contributed by atoms with van der Waals surface area (Å²) in [5, 5.41) is 23.2. The van der Waals surface area contributed by atoms with Gasteiger partial charge in [0.15, 0.2) is 0 Å². The van der Waals surface area contributed by atoms with E-state index in [2.05, 4.69) is 36.3 Å². The zero-order valence-electron chi connectivity index (χ0n) is 12.0. The molecule has 3 nitrogen and oxygen atoms in total. The molecule has 0 heterocycles. The van der Waals surface area contributed by atoms with Crippen LogP contribution in [0, 0.1) is 11.3 Å². The third kappa shape index (κ3) is 1.96. The number of oxime groups is 1. The molecule has 0 amide bonds. The van der Waals surface area contributed by atoms with Crippen molar-refractivity contribution < 1.29 is 10.3 Å². The van der Waals surface area contributed by atoms with Crippen molar-refractivity contribution in [3.63, 3.8) is 0 Å². The fourth-order valence-electron chi connectivity index (χ4n) is 4.41. The number of fused-ring (bicyclic) bond motifs is 1. The van der Waals surface area contributed by atoms with E-state index in [1.807, 2.05) is 6.07 Å². The van der Waals surface area contributed by atoms with E-state index in [0.29, 0.717) is 5.92 Å². The van der Waals surface area contributed by atoms with Crippen molar-refractivity contribution in [1.29, 1.82) is 0 Å². The van der Waals surface area contributed by atoms with E-state index in [-0.39, 0.29) is 11.3 Å². The van der Waals surface area contributed by atoms with Crippen LogP contribution in [0.2, 0.25) is 0 Å². The van der Waals surface area contributed by atoms with Crippen LogP contribution in [0.1, 0.15) is 50.5 Å². The van der Waals surface area contributed by atoms with Gasteiger partial charge in [0.05, 0.1) is 5.60 Å². The summed E-state index contributed by atoms with van der Waals surface area (Å²) < 4.78 is 0. The molecular weight excluding hydrogens is 250 g/mol. The van der Waals surface area contributed by atoms with Crippen LogP contribution in [0.15, 0.2) is 35.5 Å². The van der Waals surface area contributed by atoms with Crippen LogP contribution in [0.3, 0.4) is 0 Å². The number of aliphatic hydroxyl groups is 1. The van der Waals surface area contributed by atoms with Gasteiger partial charge in [0.1, 0.15) is 0 Å². The van der Waals surface area contributed by atoms with Gasteiger partial charge in [-0.25, -0.2) is 0 Å². The Morgan fingerprint density at radius 2 is 1.95 bits per heavy atom. The highest BCUT2D eigenvalue weighted by Gasteiger charge is 2.58. The highest BCUT2D eigenvalue weighted by molar-refractivity contribution is 5.62. The molecule has 2 aliphatic carbocycles. The van der Waals surface area contributed by atoms with Crippen molar-refractivity contribution in [1.82, 2.24) is 0 Å². The molecule has 3 heteroatoms. The Morgan fingerprint density at radius 3 is 2.65 bits per heavy atom. The van der Waals surface area contributed by atoms with Gasteiger partial charge in [-0.05, 0) is 43.6 Å². The lowest BCUT2D eigenvalue weighted by Crippen LogP contribution is -2.49. The van der Waals surface area contributed by atoms with Crippen LogP contribution >= 0.6 is 0 Å². The standard InChI is InChI=1S/C17H23NO2/c1-16-9-7-14(13-5-3-2-4-6-13)11-17(16,19)10-8-15(16)12-18-20/h2-6,12,14-15,19-20H,7-11H2,1H3/t14-,15+,16+,17-/m0/s1. The number of rotatable bonds is 2. The molecule has 0 bridgehead atoms. The van der Waals surface area contributed by atoms with Crippen molar-refractivity contribution in [2.24, 2.45) is 16.5 Å². The Hall–Kier alpha value is -1.35. The summed E-state index contributed by atoms with van der Waals surface area (Å²) in [5.41, 5.74) is 0.560. The van der Waals surface area contributed by atoms with Crippen LogP contribution < -0.4 is 0 Å². The molecule has 0 aromatic heterocycles. The third-order valence-corrected chi connectivity index (χ3v) is 5.86. The molecule has 2 aliphatic rings. The largest absolute Gasteiger partial charge is 0.411 e. The lowest BCUT2D eigenvalue weighted by Gasteiger charge is -2.48. The Bertz CT molecular complexity index is 501. The minimum Gasteiger partial charge on any atom is -0.411 e. The van der Waals surface area contributed by atoms with Gasteiger partial charge in [0, 0.05) is 17.5 Å². The summed E-state index contributed by atoms with van der Waals surface area (Å²) in [6, 6.07) is 10.5. The quantitative estimate of drug-likeness (QED) is 0.492. The number of nitrogens with zero attached hydrogens (tertiary/aromatic N) is 1. The highest BCUT2D eigenvalue weighted by Crippen LogP contribution is 2.60. The van der Waals surface area contributed by atoms with Crippen molar-refractivity contribution >= 4 is 6.21 Å². The Balaban J connectivity index is 1.85. The van der Waals surface area contributed by atoms with E-state index in [0.717, 1.165) is 32.1 Å². The third-order valence-electron chi connectivity index (χ3n) is 5.86. The Morgan fingerprint density at radius 1 is 1.20 bits per heavy atom. The number of benzene rings is 1. The van der Waals surface area contributed by atoms with Gasteiger partial charge in [-0.15, -0.1) is 5.16 Å². The average molecular weight is 273 g/mol. The maximum absolute atomic E-state index is 11.2. The summed E-state index contributed by atoms with van der Waals surface area (Å²) in [6.07, 6.45) is 6.25. The smallest absolute Gasteiger partial charge is 0.0713 e. The second-order valence-electron chi connectivity index (χ2n) is 6.71. The monoisotopic (exact) mass is 273 g/mol. The maximum atomic E-state index is 11.2. The van der Waals surface area contributed by atoms with Gasteiger partial charge in [-0.3, -0.25) is 0 Å².